The van der Waals surface area contributed by atoms with E-state index in [1.807, 2.05) is 18.7 Å². The van der Waals surface area contributed by atoms with Gasteiger partial charge in [0.15, 0.2) is 6.73 Å². The molecule has 0 aromatic heterocycles. The van der Waals surface area contributed by atoms with Crippen molar-refractivity contribution in [1.82, 2.24) is 4.90 Å². The first-order chi connectivity index (χ1) is 23.0. The number of alkyl halides is 6. The molecule has 0 spiro atoms. The minimum atomic E-state index is -5.09. The number of anilines is 1. The number of halogens is 7. The summed E-state index contributed by atoms with van der Waals surface area (Å²) in [6, 6.07) is 3.70. The highest BCUT2D eigenvalue weighted by atomic mass is 19.4. The van der Waals surface area contributed by atoms with Crippen molar-refractivity contribution in [2.75, 3.05) is 24.8 Å². The lowest BCUT2D eigenvalue weighted by molar-refractivity contribution is -0.157. The second-order valence-corrected chi connectivity index (χ2v) is 13.1. The number of ether oxygens (including phenoxy) is 2. The van der Waals surface area contributed by atoms with Crippen molar-refractivity contribution in [3.63, 3.8) is 0 Å². The summed E-state index contributed by atoms with van der Waals surface area (Å²) in [6.07, 6.45) is -7.10. The number of amides is 1. The Labute approximate surface area is 279 Å². The number of rotatable bonds is 11. The van der Waals surface area contributed by atoms with Gasteiger partial charge in [-0.1, -0.05) is 19.1 Å². The Balaban J connectivity index is 1.23. The minimum Gasteiger partial charge on any atom is -0.478 e. The second-order valence-electron chi connectivity index (χ2n) is 13.1. The standard InChI is InChI=1S/C35H39F7N2O5/c1-4-13-43(24-10-11-28(36)25(16-24)33(46)47)20(3)6-5-19(2)22-9-12-29(48-17-22)32(45)44-18-49-31-26(30(44)21-7-8-21)14-23(34(37,38)39)15-27(31)35(40,41)42/h10-11,14-16,20-22,29-30H,2,4-9,12-13,17-18H2,1,3H3,(H,46,47)/t20?,22?,29-,30?/m1/s1. The van der Waals surface area contributed by atoms with Crippen LogP contribution >= 0.6 is 0 Å². The molecule has 2 heterocycles. The number of fused-ring (bicyclic) bond motifs is 1. The molecule has 268 valence electrons. The number of hydrogen-bond donors (Lipinski definition) is 1. The number of nitrogens with zero attached hydrogens (tertiary/aromatic N) is 2. The molecule has 2 aliphatic heterocycles. The summed E-state index contributed by atoms with van der Waals surface area (Å²) in [5.41, 5.74) is -2.17. The summed E-state index contributed by atoms with van der Waals surface area (Å²) in [5, 5.41) is 9.35. The first-order valence-corrected chi connectivity index (χ1v) is 16.4. The third kappa shape index (κ3) is 7.99. The van der Waals surface area contributed by atoms with Crippen LogP contribution < -0.4 is 9.64 Å². The molecular weight excluding hydrogens is 661 g/mol. The SMILES string of the molecule is C=C(CCC(C)N(CCC)c1ccc(F)c(C(=O)O)c1)C1CC[C@H](C(=O)N2COc3c(cc(C(F)(F)F)cc3C(F)(F)F)C2C2CC2)OC1. The van der Waals surface area contributed by atoms with E-state index in [1.54, 1.807) is 6.07 Å². The molecule has 49 heavy (non-hydrogen) atoms. The molecule has 2 fully saturated rings. The fraction of sp³-hybridized carbons (Fsp3) is 0.543. The predicted octanol–water partition coefficient (Wildman–Crippen LogP) is 8.63. The van der Waals surface area contributed by atoms with Crippen LogP contribution in [0.1, 0.15) is 91.9 Å². The molecule has 1 N–H and O–H groups in total. The molecule has 2 aromatic carbocycles. The molecule has 1 saturated carbocycles. The number of aromatic carboxylic acids is 1. The topological polar surface area (TPSA) is 79.3 Å². The van der Waals surface area contributed by atoms with Crippen LogP contribution in [0.4, 0.5) is 36.4 Å². The second kappa shape index (κ2) is 14.2. The van der Waals surface area contributed by atoms with Crippen LogP contribution in [0, 0.1) is 17.7 Å². The lowest BCUT2D eigenvalue weighted by Gasteiger charge is -2.41. The van der Waals surface area contributed by atoms with Gasteiger partial charge in [-0.15, -0.1) is 0 Å². The number of carbonyl (C=O) groups excluding carboxylic acids is 1. The first kappa shape index (κ1) is 36.5. The fourth-order valence-corrected chi connectivity index (χ4v) is 6.82. The van der Waals surface area contributed by atoms with E-state index in [1.165, 1.54) is 11.0 Å². The summed E-state index contributed by atoms with van der Waals surface area (Å²) in [4.78, 5) is 28.4. The molecule has 14 heteroatoms. The Bertz CT molecular complexity index is 1560. The molecule has 5 rings (SSSR count). The Hall–Kier alpha value is -3.81. The Morgan fingerprint density at radius 2 is 1.78 bits per heavy atom. The number of carboxylic acids is 1. The van der Waals surface area contributed by atoms with Crippen molar-refractivity contribution >= 4 is 17.6 Å². The lowest BCUT2D eigenvalue weighted by atomic mass is 9.88. The van der Waals surface area contributed by atoms with Crippen molar-refractivity contribution in [3.8, 4) is 5.75 Å². The minimum absolute atomic E-state index is 0.0419. The summed E-state index contributed by atoms with van der Waals surface area (Å²) >= 11 is 0. The molecule has 2 aromatic rings. The molecule has 1 saturated heterocycles. The highest BCUT2D eigenvalue weighted by Crippen LogP contribution is 2.53. The van der Waals surface area contributed by atoms with Crippen LogP contribution in [0.25, 0.3) is 0 Å². The largest absolute Gasteiger partial charge is 0.478 e. The molecule has 1 amide bonds. The maximum absolute atomic E-state index is 14.0. The van der Waals surface area contributed by atoms with Gasteiger partial charge in [0.05, 0.1) is 29.3 Å². The van der Waals surface area contributed by atoms with Crippen molar-refractivity contribution in [3.05, 3.63) is 70.6 Å². The molecule has 4 atom stereocenters. The number of carbonyl (C=O) groups is 2. The van der Waals surface area contributed by atoms with Gasteiger partial charge in [-0.2, -0.15) is 26.3 Å². The van der Waals surface area contributed by atoms with Crippen molar-refractivity contribution in [2.24, 2.45) is 11.8 Å². The number of carboxylic acid groups (broad SMARTS) is 1. The van der Waals surface area contributed by atoms with E-state index in [0.29, 0.717) is 50.4 Å². The van der Waals surface area contributed by atoms with Crippen LogP contribution in [-0.4, -0.2) is 53.9 Å². The van der Waals surface area contributed by atoms with Crippen molar-refractivity contribution in [2.45, 2.75) is 89.3 Å². The zero-order chi connectivity index (χ0) is 35.8. The monoisotopic (exact) mass is 700 g/mol. The lowest BCUT2D eigenvalue weighted by Crippen LogP contribution is -2.49. The van der Waals surface area contributed by atoms with E-state index >= 15 is 0 Å². The van der Waals surface area contributed by atoms with Crippen LogP contribution in [0.2, 0.25) is 0 Å². The molecule has 7 nitrogen and oxygen atoms in total. The number of benzene rings is 2. The van der Waals surface area contributed by atoms with Crippen LogP contribution in [0.15, 0.2) is 42.5 Å². The summed E-state index contributed by atoms with van der Waals surface area (Å²) in [6.45, 7) is 8.46. The van der Waals surface area contributed by atoms with Crippen molar-refractivity contribution in [1.29, 1.82) is 0 Å². The van der Waals surface area contributed by atoms with Crippen LogP contribution in [0.3, 0.4) is 0 Å². The third-order valence-electron chi connectivity index (χ3n) is 9.62. The third-order valence-corrected chi connectivity index (χ3v) is 9.62. The molecule has 0 radical (unpaired) electrons. The smallest absolute Gasteiger partial charge is 0.419 e. The molecule has 3 aliphatic rings. The average molecular weight is 701 g/mol. The van der Waals surface area contributed by atoms with E-state index in [-0.39, 0.29) is 42.5 Å². The summed E-state index contributed by atoms with van der Waals surface area (Å²) in [7, 11) is 0. The van der Waals surface area contributed by atoms with Gasteiger partial charge in [0.25, 0.3) is 5.91 Å². The maximum Gasteiger partial charge on any atom is 0.419 e. The highest BCUT2D eigenvalue weighted by molar-refractivity contribution is 5.89. The predicted molar refractivity (Wildman–Crippen MR) is 166 cm³/mol. The van der Waals surface area contributed by atoms with Gasteiger partial charge in [0, 0.05) is 29.8 Å². The zero-order valence-electron chi connectivity index (χ0n) is 27.2. The normalized spacial score (nSPS) is 21.8. The van der Waals surface area contributed by atoms with Crippen LogP contribution in [-0.2, 0) is 21.9 Å². The number of hydrogen-bond acceptors (Lipinski definition) is 5. The first-order valence-electron chi connectivity index (χ1n) is 16.4. The maximum atomic E-state index is 14.0. The fourth-order valence-electron chi connectivity index (χ4n) is 6.82. The molecule has 0 bridgehead atoms. The van der Waals surface area contributed by atoms with Gasteiger partial charge in [0.2, 0.25) is 0 Å². The summed E-state index contributed by atoms with van der Waals surface area (Å²) in [5.74, 6) is -3.75. The van der Waals surface area contributed by atoms with E-state index < -0.39 is 71.4 Å². The molecular formula is C35H39F7N2O5. The van der Waals surface area contributed by atoms with E-state index in [0.717, 1.165) is 18.1 Å². The van der Waals surface area contributed by atoms with Gasteiger partial charge in [-0.25, -0.2) is 9.18 Å². The Morgan fingerprint density at radius 1 is 1.06 bits per heavy atom. The average Bonchev–Trinajstić information content (AvgIpc) is 3.89. The van der Waals surface area contributed by atoms with E-state index in [9.17, 15) is 45.4 Å². The van der Waals surface area contributed by atoms with Gasteiger partial charge < -0.3 is 19.5 Å². The van der Waals surface area contributed by atoms with E-state index in [4.69, 9.17) is 9.47 Å². The van der Waals surface area contributed by atoms with Gasteiger partial charge in [-0.05, 0) is 88.1 Å². The highest BCUT2D eigenvalue weighted by Gasteiger charge is 2.49. The summed E-state index contributed by atoms with van der Waals surface area (Å²) < 4.78 is 108. The van der Waals surface area contributed by atoms with E-state index in [2.05, 4.69) is 6.58 Å². The van der Waals surface area contributed by atoms with Crippen LogP contribution in [0.5, 0.6) is 5.75 Å². The van der Waals surface area contributed by atoms with Gasteiger partial charge in [0.1, 0.15) is 17.7 Å². The van der Waals surface area contributed by atoms with Crippen molar-refractivity contribution < 1.29 is 54.9 Å². The zero-order valence-corrected chi connectivity index (χ0v) is 27.2. The molecule has 3 unspecified atom stereocenters. The quantitative estimate of drug-likeness (QED) is 0.187. The Kier molecular flexibility index (Phi) is 10.6. The molecule has 1 aliphatic carbocycles. The van der Waals surface area contributed by atoms with Gasteiger partial charge in [-0.3, -0.25) is 9.69 Å². The van der Waals surface area contributed by atoms with Gasteiger partial charge >= 0.3 is 18.3 Å². The Morgan fingerprint density at radius 3 is 2.35 bits per heavy atom.